The Bertz CT molecular complexity index is 973. The molecule has 2 aliphatic heterocycles. The van der Waals surface area contributed by atoms with Gasteiger partial charge in [0.15, 0.2) is 0 Å². The summed E-state index contributed by atoms with van der Waals surface area (Å²) in [6, 6.07) is 14.7. The molecular weight excluding hydrogens is 390 g/mol. The van der Waals surface area contributed by atoms with Gasteiger partial charge in [0.25, 0.3) is 0 Å². The first-order valence-corrected chi connectivity index (χ1v) is 11.3. The van der Waals surface area contributed by atoms with E-state index in [9.17, 15) is 13.2 Å². The molecule has 0 bridgehead atoms. The highest BCUT2D eigenvalue weighted by Crippen LogP contribution is 2.26. The number of amides is 1. The Balaban J connectivity index is 1.52. The summed E-state index contributed by atoms with van der Waals surface area (Å²) in [6.07, 6.45) is 0.919. The van der Waals surface area contributed by atoms with Gasteiger partial charge in [0.2, 0.25) is 15.9 Å². The molecule has 0 radical (unpaired) electrons. The number of benzene rings is 2. The fraction of sp³-hybridized carbons (Fsp3) is 0.381. The maximum Gasteiger partial charge on any atom is 0.240 e. The van der Waals surface area contributed by atoms with E-state index in [1.807, 2.05) is 30.3 Å². The highest BCUT2D eigenvalue weighted by Gasteiger charge is 2.26. The third-order valence-electron chi connectivity index (χ3n) is 5.42. The third kappa shape index (κ3) is 4.67. The minimum atomic E-state index is -3.67. The molecule has 7 nitrogen and oxygen atoms in total. The largest absolute Gasteiger partial charge is 0.379 e. The van der Waals surface area contributed by atoms with Crippen molar-refractivity contribution >= 4 is 21.6 Å². The number of hydrogen-bond donors (Lipinski definition) is 2. The molecule has 0 aliphatic carbocycles. The average Bonchev–Trinajstić information content (AvgIpc) is 2.75. The molecule has 29 heavy (non-hydrogen) atoms. The van der Waals surface area contributed by atoms with Crippen LogP contribution in [0.15, 0.2) is 53.4 Å². The maximum absolute atomic E-state index is 13.0. The van der Waals surface area contributed by atoms with Crippen molar-refractivity contribution in [2.45, 2.75) is 23.8 Å². The Morgan fingerprint density at radius 1 is 1.07 bits per heavy atom. The Kier molecular flexibility index (Phi) is 5.96. The lowest BCUT2D eigenvalue weighted by Gasteiger charge is -2.34. The average molecular weight is 416 g/mol. The smallest absolute Gasteiger partial charge is 0.240 e. The van der Waals surface area contributed by atoms with Crippen LogP contribution in [0.3, 0.4) is 0 Å². The topological polar surface area (TPSA) is 87.7 Å². The van der Waals surface area contributed by atoms with Gasteiger partial charge in [0.05, 0.1) is 18.1 Å². The van der Waals surface area contributed by atoms with Crippen LogP contribution in [0.25, 0.3) is 0 Å². The molecule has 1 amide bonds. The van der Waals surface area contributed by atoms with Gasteiger partial charge in [-0.3, -0.25) is 9.69 Å². The van der Waals surface area contributed by atoms with Crippen LogP contribution in [-0.2, 0) is 26.0 Å². The number of carbonyl (C=O) groups is 1. The number of carbonyl (C=O) groups excluding carboxylic acids is 1. The Morgan fingerprint density at radius 3 is 2.59 bits per heavy atom. The van der Waals surface area contributed by atoms with Crippen molar-refractivity contribution in [3.05, 3.63) is 59.7 Å². The van der Waals surface area contributed by atoms with Gasteiger partial charge < -0.3 is 10.1 Å². The van der Waals surface area contributed by atoms with Gasteiger partial charge in [-0.15, -0.1) is 0 Å². The van der Waals surface area contributed by atoms with Crippen LogP contribution in [-0.4, -0.2) is 52.1 Å². The van der Waals surface area contributed by atoms with Crippen LogP contribution < -0.4 is 10.0 Å². The van der Waals surface area contributed by atoms with Crippen molar-refractivity contribution < 1.29 is 17.9 Å². The van der Waals surface area contributed by atoms with E-state index >= 15 is 0 Å². The van der Waals surface area contributed by atoms with E-state index in [0.29, 0.717) is 31.7 Å². The van der Waals surface area contributed by atoms with E-state index in [0.717, 1.165) is 24.2 Å². The first-order chi connectivity index (χ1) is 14.0. The standard InChI is InChI=1S/C21H25N3O4S/c25-21-9-6-17-14-18(7-8-19(17)23-21)29(26,27)22-15-20(16-4-2-1-3-5-16)24-10-12-28-13-11-24/h1-5,7-8,14,20,22H,6,9-13,15H2,(H,23,25)/t20-/m1/s1. The molecule has 8 heteroatoms. The van der Waals surface area contributed by atoms with Crippen molar-refractivity contribution in [3.8, 4) is 0 Å². The molecule has 2 N–H and O–H groups in total. The molecule has 2 heterocycles. The monoisotopic (exact) mass is 415 g/mol. The van der Waals surface area contributed by atoms with Crippen molar-refractivity contribution in [1.29, 1.82) is 0 Å². The lowest BCUT2D eigenvalue weighted by molar-refractivity contribution is -0.116. The molecule has 1 fully saturated rings. The van der Waals surface area contributed by atoms with Crippen LogP contribution in [0.1, 0.15) is 23.6 Å². The summed E-state index contributed by atoms with van der Waals surface area (Å²) < 4.78 is 34.2. The molecule has 2 aromatic carbocycles. The second-order valence-electron chi connectivity index (χ2n) is 7.29. The minimum absolute atomic E-state index is 0.0394. The van der Waals surface area contributed by atoms with Gasteiger partial charge in [-0.2, -0.15) is 0 Å². The summed E-state index contributed by atoms with van der Waals surface area (Å²) in [6.45, 7) is 3.10. The number of rotatable bonds is 6. The fourth-order valence-electron chi connectivity index (χ4n) is 3.82. The number of anilines is 1. The second kappa shape index (κ2) is 8.62. The molecule has 2 aromatic rings. The summed E-state index contributed by atoms with van der Waals surface area (Å²) in [7, 11) is -3.67. The van der Waals surface area contributed by atoms with Crippen molar-refractivity contribution in [3.63, 3.8) is 0 Å². The molecule has 0 saturated carbocycles. The van der Waals surface area contributed by atoms with Gasteiger partial charge in [-0.1, -0.05) is 30.3 Å². The van der Waals surface area contributed by atoms with E-state index in [1.165, 1.54) is 0 Å². The van der Waals surface area contributed by atoms with Crippen LogP contribution in [0.5, 0.6) is 0 Å². The Labute approximate surface area is 171 Å². The SMILES string of the molecule is O=C1CCc2cc(S(=O)(=O)NC[C@H](c3ccccc3)N3CCOCC3)ccc2N1. The summed E-state index contributed by atoms with van der Waals surface area (Å²) >= 11 is 0. The lowest BCUT2D eigenvalue weighted by atomic mass is 10.0. The van der Waals surface area contributed by atoms with E-state index in [4.69, 9.17) is 4.74 Å². The number of hydrogen-bond acceptors (Lipinski definition) is 5. The molecule has 1 saturated heterocycles. The fourth-order valence-corrected chi connectivity index (χ4v) is 4.91. The van der Waals surface area contributed by atoms with Crippen LogP contribution in [0.2, 0.25) is 0 Å². The molecular formula is C21H25N3O4S. The van der Waals surface area contributed by atoms with E-state index in [1.54, 1.807) is 18.2 Å². The van der Waals surface area contributed by atoms with Gasteiger partial charge >= 0.3 is 0 Å². The second-order valence-corrected chi connectivity index (χ2v) is 9.06. The summed E-state index contributed by atoms with van der Waals surface area (Å²) in [5, 5.41) is 2.78. The number of nitrogens with one attached hydrogen (secondary N) is 2. The van der Waals surface area contributed by atoms with Crippen LogP contribution in [0.4, 0.5) is 5.69 Å². The van der Waals surface area contributed by atoms with Crippen molar-refractivity contribution in [2.24, 2.45) is 0 Å². The number of morpholine rings is 1. The van der Waals surface area contributed by atoms with Gasteiger partial charge in [0.1, 0.15) is 0 Å². The summed E-state index contributed by atoms with van der Waals surface area (Å²) in [5.74, 6) is -0.0394. The zero-order valence-electron chi connectivity index (χ0n) is 16.1. The van der Waals surface area contributed by atoms with Crippen molar-refractivity contribution in [1.82, 2.24) is 9.62 Å². The molecule has 0 aromatic heterocycles. The number of aryl methyl sites for hydroxylation is 1. The first kappa shape index (κ1) is 20.0. The number of fused-ring (bicyclic) bond motifs is 1. The number of nitrogens with zero attached hydrogens (tertiary/aromatic N) is 1. The predicted octanol–water partition coefficient (Wildman–Crippen LogP) is 1.92. The van der Waals surface area contributed by atoms with E-state index in [2.05, 4.69) is 14.9 Å². The maximum atomic E-state index is 13.0. The first-order valence-electron chi connectivity index (χ1n) is 9.82. The highest BCUT2D eigenvalue weighted by molar-refractivity contribution is 7.89. The Hall–Kier alpha value is -2.26. The third-order valence-corrected chi connectivity index (χ3v) is 6.84. The summed E-state index contributed by atoms with van der Waals surface area (Å²) in [5.41, 5.74) is 2.61. The van der Waals surface area contributed by atoms with E-state index in [-0.39, 0.29) is 23.4 Å². The molecule has 154 valence electrons. The van der Waals surface area contributed by atoms with Crippen molar-refractivity contribution in [2.75, 3.05) is 38.2 Å². The highest BCUT2D eigenvalue weighted by atomic mass is 32.2. The zero-order valence-corrected chi connectivity index (χ0v) is 17.0. The van der Waals surface area contributed by atoms with Crippen LogP contribution in [0, 0.1) is 0 Å². The Morgan fingerprint density at radius 2 is 1.83 bits per heavy atom. The van der Waals surface area contributed by atoms with E-state index < -0.39 is 10.0 Å². The van der Waals surface area contributed by atoms with Gasteiger partial charge in [-0.05, 0) is 35.7 Å². The molecule has 2 aliphatic rings. The van der Waals surface area contributed by atoms with Gasteiger partial charge in [-0.25, -0.2) is 13.1 Å². The molecule has 0 spiro atoms. The lowest BCUT2D eigenvalue weighted by Crippen LogP contribution is -2.43. The zero-order chi connectivity index (χ0) is 20.3. The normalized spacial score (nSPS) is 18.7. The minimum Gasteiger partial charge on any atom is -0.379 e. The summed E-state index contributed by atoms with van der Waals surface area (Å²) in [4.78, 5) is 14.0. The number of ether oxygens (including phenoxy) is 1. The quantitative estimate of drug-likeness (QED) is 0.753. The molecule has 0 unspecified atom stereocenters. The molecule has 1 atom stereocenters. The number of sulfonamides is 1. The van der Waals surface area contributed by atoms with Gasteiger partial charge in [0, 0.05) is 37.8 Å². The predicted molar refractivity (Wildman–Crippen MR) is 110 cm³/mol. The molecule has 4 rings (SSSR count). The van der Waals surface area contributed by atoms with Crippen LogP contribution >= 0.6 is 0 Å².